The molecule has 0 radical (unpaired) electrons. The van der Waals surface area contributed by atoms with Gasteiger partial charge in [0.2, 0.25) is 5.49 Å². The first kappa shape index (κ1) is 28.1. The number of aliphatic imine (C=N–C) groups is 1. The van der Waals surface area contributed by atoms with E-state index in [-0.39, 0.29) is 27.8 Å². The third-order valence-electron chi connectivity index (χ3n) is 7.76. The molecular weight excluding hydrogens is 496 g/mol. The quantitative estimate of drug-likeness (QED) is 0.307. The van der Waals surface area contributed by atoms with E-state index in [0.29, 0.717) is 0 Å². The summed E-state index contributed by atoms with van der Waals surface area (Å²) in [6, 6.07) is 4.37. The number of amidine groups is 2. The second-order valence-corrected chi connectivity index (χ2v) is 15.5. The van der Waals surface area contributed by atoms with Crippen LogP contribution >= 0.6 is 0 Å². The summed E-state index contributed by atoms with van der Waals surface area (Å²) in [5.74, 6) is 4.57. The third kappa shape index (κ3) is 5.45. The summed E-state index contributed by atoms with van der Waals surface area (Å²) in [4.78, 5) is 24.8. The molecule has 8 bridgehead atoms. The van der Waals surface area contributed by atoms with Gasteiger partial charge in [0, 0.05) is 30.2 Å². The van der Waals surface area contributed by atoms with Gasteiger partial charge in [0.05, 0.1) is 11.1 Å². The predicted molar refractivity (Wildman–Crippen MR) is 163 cm³/mol. The lowest BCUT2D eigenvalue weighted by Crippen LogP contribution is -3.02. The Morgan fingerprint density at radius 3 is 2.00 bits per heavy atom. The van der Waals surface area contributed by atoms with Crippen LogP contribution in [0.4, 0.5) is 11.6 Å². The fourth-order valence-corrected chi connectivity index (χ4v) is 5.54. The van der Waals surface area contributed by atoms with Crippen LogP contribution in [0.5, 0.6) is 0 Å². The highest BCUT2D eigenvalue weighted by atomic mass is 15.2. The van der Waals surface area contributed by atoms with Gasteiger partial charge in [0.25, 0.3) is 17.5 Å². The first-order valence-electron chi connectivity index (χ1n) is 14.5. The molecule has 8 nitrogen and oxygen atoms in total. The van der Waals surface area contributed by atoms with Gasteiger partial charge in [-0.2, -0.15) is 4.99 Å². The maximum absolute atomic E-state index is 5.10. The minimum absolute atomic E-state index is 0.0536. The van der Waals surface area contributed by atoms with E-state index in [1.54, 1.807) is 0 Å². The fourth-order valence-electron chi connectivity index (χ4n) is 5.54. The highest BCUT2D eigenvalue weighted by molar-refractivity contribution is 6.06. The van der Waals surface area contributed by atoms with E-state index in [1.807, 2.05) is 0 Å². The highest BCUT2D eigenvalue weighted by Gasteiger charge is 2.36. The monoisotopic (exact) mass is 544 g/mol. The molecule has 1 atom stereocenters. The Balaban J connectivity index is 1.77. The lowest BCUT2D eigenvalue weighted by Gasteiger charge is -2.21. The molecule has 8 heteroatoms. The number of nitrogens with one attached hydrogen (secondary N) is 6. The third-order valence-corrected chi connectivity index (χ3v) is 7.76. The average Bonchev–Trinajstić information content (AvgIpc) is 3.53. The van der Waals surface area contributed by atoms with Gasteiger partial charge in [-0.1, -0.05) is 83.1 Å². The predicted octanol–water partition coefficient (Wildman–Crippen LogP) is 2.65. The van der Waals surface area contributed by atoms with Gasteiger partial charge < -0.3 is 10.3 Å². The molecule has 0 spiro atoms. The van der Waals surface area contributed by atoms with Gasteiger partial charge in [0.1, 0.15) is 11.7 Å². The number of hydrogen-bond donors (Lipinski definition) is 6. The van der Waals surface area contributed by atoms with Crippen LogP contribution < -0.4 is 31.6 Å². The SMILES string of the molecule is CC(C)(C)C1=CC2[NH+]=C1Nc1cc(C(C)(C)C)c([nH]1)NC1=NC(=C(C(C)(C)C)C1)N=c1cc(C(C)(C)C)/c([nH]1)=[NH+]/2. The van der Waals surface area contributed by atoms with Crippen molar-refractivity contribution < 1.29 is 9.98 Å². The lowest BCUT2D eigenvalue weighted by molar-refractivity contribution is -0.737. The van der Waals surface area contributed by atoms with E-state index in [4.69, 9.17) is 9.98 Å². The number of rotatable bonds is 0. The highest BCUT2D eigenvalue weighted by Crippen LogP contribution is 2.38. The average molecular weight is 545 g/mol. The van der Waals surface area contributed by atoms with Crippen molar-refractivity contribution in [3.63, 3.8) is 0 Å². The first-order chi connectivity index (χ1) is 18.3. The van der Waals surface area contributed by atoms with Gasteiger partial charge in [-0.25, -0.2) is 25.3 Å². The molecular formula is C32H48N8+2. The number of hydrogen-bond acceptors (Lipinski definition) is 4. The molecule has 0 aliphatic carbocycles. The molecule has 0 amide bonds. The van der Waals surface area contributed by atoms with Crippen LogP contribution in [0, 0.1) is 10.8 Å². The Labute approximate surface area is 238 Å². The molecule has 5 rings (SSSR count). The van der Waals surface area contributed by atoms with Crippen LogP contribution in [-0.2, 0) is 10.8 Å². The zero-order chi connectivity index (χ0) is 29.4. The first-order valence-corrected chi connectivity index (χ1v) is 14.5. The summed E-state index contributed by atoms with van der Waals surface area (Å²) in [5.41, 5.74) is 6.33. The Morgan fingerprint density at radius 1 is 0.725 bits per heavy atom. The van der Waals surface area contributed by atoms with Crippen molar-refractivity contribution in [2.75, 3.05) is 10.6 Å². The standard InChI is InChI=1S/C32H46N8/c1-29(2,3)17-13-21-33-25(17)37-22-14-18(30(4,5)6)27(34-22)39-24-16-20(32(10,11)12)28(36-24)40-23-15-19(31(7,8)9)26(35-23)38-21/h13-15,21,34H,16H2,1-12H3,(H,33,37)(H,36,39)(H,35,38,40)/p+2. The summed E-state index contributed by atoms with van der Waals surface area (Å²) in [7, 11) is 0. The van der Waals surface area contributed by atoms with Crippen molar-refractivity contribution in [1.82, 2.24) is 9.97 Å². The van der Waals surface area contributed by atoms with E-state index in [9.17, 15) is 0 Å². The number of aromatic nitrogens is 2. The smallest absolute Gasteiger partial charge is 0.281 e. The minimum Gasteiger partial charge on any atom is -0.329 e. The summed E-state index contributed by atoms with van der Waals surface area (Å²) < 4.78 is 0. The Hall–Kier alpha value is -3.42. The molecule has 5 heterocycles. The normalized spacial score (nSPS) is 20.6. The number of fused-ring (bicyclic) bond motifs is 6. The molecule has 3 aliphatic rings. The maximum Gasteiger partial charge on any atom is 0.281 e. The van der Waals surface area contributed by atoms with Gasteiger partial charge in [-0.3, -0.25) is 0 Å². The molecule has 2 aromatic rings. The van der Waals surface area contributed by atoms with Crippen LogP contribution in [0.15, 0.2) is 45.2 Å². The van der Waals surface area contributed by atoms with Crippen molar-refractivity contribution in [2.45, 2.75) is 107 Å². The molecule has 0 fully saturated rings. The van der Waals surface area contributed by atoms with Gasteiger partial charge in [-0.15, -0.1) is 0 Å². The van der Waals surface area contributed by atoms with Crippen molar-refractivity contribution in [1.29, 1.82) is 0 Å². The Morgan fingerprint density at radius 2 is 1.40 bits per heavy atom. The lowest BCUT2D eigenvalue weighted by atomic mass is 9.85. The van der Waals surface area contributed by atoms with E-state index in [0.717, 1.165) is 46.5 Å². The van der Waals surface area contributed by atoms with E-state index in [2.05, 4.69) is 132 Å². The molecule has 1 unspecified atom stereocenters. The molecule has 2 aromatic heterocycles. The van der Waals surface area contributed by atoms with Crippen molar-refractivity contribution in [2.24, 2.45) is 20.8 Å². The van der Waals surface area contributed by atoms with Crippen molar-refractivity contribution >= 4 is 23.3 Å². The molecule has 3 aliphatic heterocycles. The summed E-state index contributed by atoms with van der Waals surface area (Å²) in [5, 5.41) is 7.34. The van der Waals surface area contributed by atoms with E-state index < -0.39 is 0 Å². The largest absolute Gasteiger partial charge is 0.329 e. The summed E-state index contributed by atoms with van der Waals surface area (Å²) in [6.07, 6.45) is 2.92. The van der Waals surface area contributed by atoms with Gasteiger partial charge in [0.15, 0.2) is 11.6 Å². The van der Waals surface area contributed by atoms with Gasteiger partial charge >= 0.3 is 0 Å². The molecule has 6 N–H and O–H groups in total. The summed E-state index contributed by atoms with van der Waals surface area (Å²) in [6.45, 7) is 26.8. The topological polar surface area (TPSA) is 108 Å². The molecule has 214 valence electrons. The van der Waals surface area contributed by atoms with Crippen molar-refractivity contribution in [3.05, 3.63) is 57.3 Å². The second-order valence-electron chi connectivity index (χ2n) is 15.5. The van der Waals surface area contributed by atoms with Crippen LogP contribution in [-0.4, -0.2) is 27.8 Å². The molecule has 40 heavy (non-hydrogen) atoms. The number of aromatic amines is 2. The Kier molecular flexibility index (Phi) is 6.36. The van der Waals surface area contributed by atoms with Gasteiger partial charge in [-0.05, 0) is 27.2 Å². The van der Waals surface area contributed by atoms with Crippen LogP contribution in [0.3, 0.4) is 0 Å². The maximum atomic E-state index is 5.10. The Bertz CT molecular complexity index is 1590. The number of nitrogens with zero attached hydrogens (tertiary/aromatic N) is 2. The molecule has 0 saturated heterocycles. The summed E-state index contributed by atoms with van der Waals surface area (Å²) >= 11 is 0. The zero-order valence-electron chi connectivity index (χ0n) is 26.4. The van der Waals surface area contributed by atoms with Crippen LogP contribution in [0.1, 0.15) is 101 Å². The van der Waals surface area contributed by atoms with Crippen LogP contribution in [0.2, 0.25) is 0 Å². The van der Waals surface area contributed by atoms with Crippen LogP contribution in [0.25, 0.3) is 0 Å². The molecule has 0 saturated carbocycles. The van der Waals surface area contributed by atoms with Crippen molar-refractivity contribution in [3.8, 4) is 0 Å². The molecule has 0 aromatic carbocycles. The fraction of sp³-hybridized carbons (Fsp3) is 0.562. The van der Waals surface area contributed by atoms with E-state index >= 15 is 0 Å². The number of anilines is 2. The number of H-pyrrole nitrogens is 2. The zero-order valence-corrected chi connectivity index (χ0v) is 26.4. The second kappa shape index (κ2) is 9.05. The van der Waals surface area contributed by atoms with E-state index in [1.165, 1.54) is 22.3 Å². The minimum atomic E-state index is -0.0904.